The van der Waals surface area contributed by atoms with Crippen molar-refractivity contribution < 1.29 is 14.3 Å². The van der Waals surface area contributed by atoms with Crippen LogP contribution in [0, 0.1) is 0 Å². The van der Waals surface area contributed by atoms with Gasteiger partial charge in [0.2, 0.25) is 0 Å². The lowest BCUT2D eigenvalue weighted by Gasteiger charge is -2.16. The second-order valence-electron chi connectivity index (χ2n) is 6.60. The Bertz CT molecular complexity index is 952. The van der Waals surface area contributed by atoms with E-state index in [1.807, 2.05) is 43.3 Å². The van der Waals surface area contributed by atoms with Crippen LogP contribution in [-0.2, 0) is 19.7 Å². The van der Waals surface area contributed by atoms with E-state index in [1.54, 1.807) is 42.1 Å². The fourth-order valence-electron chi connectivity index (χ4n) is 2.81. The molecule has 0 spiro atoms. The van der Waals surface area contributed by atoms with Gasteiger partial charge in [-0.15, -0.1) is 0 Å². The van der Waals surface area contributed by atoms with Crippen molar-refractivity contribution in [2.24, 2.45) is 0 Å². The van der Waals surface area contributed by atoms with Gasteiger partial charge in [0, 0.05) is 25.4 Å². The third kappa shape index (κ3) is 5.29. The second-order valence-corrected chi connectivity index (χ2v) is 7.01. The summed E-state index contributed by atoms with van der Waals surface area (Å²) in [7, 11) is 3.37. The zero-order valence-electron chi connectivity index (χ0n) is 16.8. The Morgan fingerprint density at radius 3 is 2.34 bits per heavy atom. The van der Waals surface area contributed by atoms with E-state index in [0.29, 0.717) is 29.4 Å². The number of aryl methyl sites for hydroxylation is 1. The van der Waals surface area contributed by atoms with Crippen molar-refractivity contribution >= 4 is 17.5 Å². The number of aromatic nitrogens is 2. The smallest absolute Gasteiger partial charge is 0.253 e. The summed E-state index contributed by atoms with van der Waals surface area (Å²) in [5, 5.41) is 4.96. The second kappa shape index (κ2) is 9.47. The molecule has 0 bridgehead atoms. The minimum absolute atomic E-state index is 0.0882. The predicted molar refractivity (Wildman–Crippen MR) is 112 cm³/mol. The molecule has 1 amide bonds. The number of amides is 1. The molecule has 7 heteroatoms. The minimum atomic E-state index is -0.0882. The van der Waals surface area contributed by atoms with Gasteiger partial charge in [-0.1, -0.05) is 23.7 Å². The summed E-state index contributed by atoms with van der Waals surface area (Å²) in [6, 6.07) is 14.8. The van der Waals surface area contributed by atoms with Crippen LogP contribution in [0.3, 0.4) is 0 Å². The van der Waals surface area contributed by atoms with Gasteiger partial charge < -0.3 is 14.4 Å². The molecule has 0 aliphatic heterocycles. The highest BCUT2D eigenvalue weighted by Gasteiger charge is 2.15. The molecule has 3 aromatic rings. The summed E-state index contributed by atoms with van der Waals surface area (Å²) >= 11 is 6.20. The van der Waals surface area contributed by atoms with E-state index in [9.17, 15) is 4.79 Å². The first-order valence-corrected chi connectivity index (χ1v) is 9.71. The average Bonchev–Trinajstić information content (AvgIpc) is 3.11. The SMILES string of the molecule is CCn1cc(Cl)c(CN(C)C(=O)c2ccc(COc3ccc(OC)cc3)cc2)n1. The van der Waals surface area contributed by atoms with E-state index in [4.69, 9.17) is 21.1 Å². The van der Waals surface area contributed by atoms with Crippen LogP contribution in [-0.4, -0.2) is 34.7 Å². The monoisotopic (exact) mass is 413 g/mol. The molecule has 0 fully saturated rings. The van der Waals surface area contributed by atoms with Crippen molar-refractivity contribution in [2.45, 2.75) is 26.6 Å². The van der Waals surface area contributed by atoms with Gasteiger partial charge in [-0.3, -0.25) is 9.48 Å². The van der Waals surface area contributed by atoms with Crippen LogP contribution in [0.5, 0.6) is 11.5 Å². The van der Waals surface area contributed by atoms with Crippen molar-refractivity contribution in [2.75, 3.05) is 14.2 Å². The molecule has 2 aromatic carbocycles. The third-order valence-corrected chi connectivity index (χ3v) is 4.83. The molecule has 1 heterocycles. The molecule has 0 N–H and O–H groups in total. The lowest BCUT2D eigenvalue weighted by atomic mass is 10.1. The van der Waals surface area contributed by atoms with Crippen molar-refractivity contribution in [1.29, 1.82) is 0 Å². The highest BCUT2D eigenvalue weighted by atomic mass is 35.5. The van der Waals surface area contributed by atoms with E-state index in [0.717, 1.165) is 23.6 Å². The van der Waals surface area contributed by atoms with Crippen LogP contribution in [0.4, 0.5) is 0 Å². The fraction of sp³-hybridized carbons (Fsp3) is 0.273. The summed E-state index contributed by atoms with van der Waals surface area (Å²) in [6.45, 7) is 3.49. The number of hydrogen-bond acceptors (Lipinski definition) is 4. The lowest BCUT2D eigenvalue weighted by Crippen LogP contribution is -2.26. The standard InChI is InChI=1S/C22H24ClN3O3/c1-4-26-13-20(23)21(24-26)14-25(2)22(27)17-7-5-16(6-8-17)15-29-19-11-9-18(28-3)10-12-19/h5-13H,4,14-15H2,1-3H3. The van der Waals surface area contributed by atoms with Crippen LogP contribution in [0.15, 0.2) is 54.7 Å². The van der Waals surface area contributed by atoms with Crippen LogP contribution in [0.2, 0.25) is 5.02 Å². The number of rotatable bonds is 8. The molecule has 0 unspecified atom stereocenters. The number of carbonyl (C=O) groups excluding carboxylic acids is 1. The first-order chi connectivity index (χ1) is 14.0. The summed E-state index contributed by atoms with van der Waals surface area (Å²) in [4.78, 5) is 14.3. The van der Waals surface area contributed by atoms with Crippen LogP contribution < -0.4 is 9.47 Å². The number of hydrogen-bond donors (Lipinski definition) is 0. The number of nitrogens with zero attached hydrogens (tertiary/aromatic N) is 3. The Balaban J connectivity index is 1.57. The minimum Gasteiger partial charge on any atom is -0.497 e. The van der Waals surface area contributed by atoms with Crippen molar-refractivity contribution in [3.8, 4) is 11.5 Å². The molecule has 29 heavy (non-hydrogen) atoms. The van der Waals surface area contributed by atoms with Crippen LogP contribution in [0.1, 0.15) is 28.5 Å². The first-order valence-electron chi connectivity index (χ1n) is 9.33. The van der Waals surface area contributed by atoms with E-state index < -0.39 is 0 Å². The topological polar surface area (TPSA) is 56.6 Å². The Hall–Kier alpha value is -2.99. The van der Waals surface area contributed by atoms with Gasteiger partial charge in [-0.05, 0) is 48.9 Å². The summed E-state index contributed by atoms with van der Waals surface area (Å²) < 4.78 is 12.7. The van der Waals surface area contributed by atoms with Gasteiger partial charge in [0.05, 0.1) is 18.7 Å². The van der Waals surface area contributed by atoms with Gasteiger partial charge in [0.25, 0.3) is 5.91 Å². The highest BCUT2D eigenvalue weighted by Crippen LogP contribution is 2.19. The first kappa shape index (κ1) is 20.7. The Labute approximate surface area is 175 Å². The molecule has 152 valence electrons. The maximum Gasteiger partial charge on any atom is 0.253 e. The number of carbonyl (C=O) groups is 1. The van der Waals surface area contributed by atoms with Crippen LogP contribution >= 0.6 is 11.6 Å². The molecule has 0 aliphatic carbocycles. The van der Waals surface area contributed by atoms with Crippen molar-refractivity contribution in [1.82, 2.24) is 14.7 Å². The Morgan fingerprint density at radius 2 is 1.76 bits per heavy atom. The zero-order valence-corrected chi connectivity index (χ0v) is 17.5. The van der Waals surface area contributed by atoms with Crippen molar-refractivity contribution in [3.63, 3.8) is 0 Å². The zero-order chi connectivity index (χ0) is 20.8. The molecule has 0 radical (unpaired) electrons. The predicted octanol–water partition coefficient (Wildman–Crippen LogP) is 4.42. The average molecular weight is 414 g/mol. The third-order valence-electron chi connectivity index (χ3n) is 4.51. The van der Waals surface area contributed by atoms with Crippen molar-refractivity contribution in [3.05, 3.63) is 76.6 Å². The van der Waals surface area contributed by atoms with E-state index in [-0.39, 0.29) is 5.91 Å². The number of methoxy groups -OCH3 is 1. The van der Waals surface area contributed by atoms with E-state index in [2.05, 4.69) is 5.10 Å². The molecular formula is C22H24ClN3O3. The van der Waals surface area contributed by atoms with Gasteiger partial charge >= 0.3 is 0 Å². The fourth-order valence-corrected chi connectivity index (χ4v) is 3.02. The maximum atomic E-state index is 12.7. The number of ether oxygens (including phenoxy) is 2. The summed E-state index contributed by atoms with van der Waals surface area (Å²) in [5.74, 6) is 1.45. The molecule has 0 aliphatic rings. The molecule has 0 atom stereocenters. The summed E-state index contributed by atoms with van der Waals surface area (Å²) in [6.07, 6.45) is 1.77. The molecule has 0 saturated carbocycles. The normalized spacial score (nSPS) is 10.6. The maximum absolute atomic E-state index is 12.7. The van der Waals surface area contributed by atoms with Crippen LogP contribution in [0.25, 0.3) is 0 Å². The largest absolute Gasteiger partial charge is 0.497 e. The molecule has 0 saturated heterocycles. The molecule has 1 aromatic heterocycles. The molecule has 6 nitrogen and oxygen atoms in total. The Morgan fingerprint density at radius 1 is 1.10 bits per heavy atom. The lowest BCUT2D eigenvalue weighted by molar-refractivity contribution is 0.0783. The highest BCUT2D eigenvalue weighted by molar-refractivity contribution is 6.31. The van der Waals surface area contributed by atoms with E-state index >= 15 is 0 Å². The molecular weight excluding hydrogens is 390 g/mol. The van der Waals surface area contributed by atoms with Gasteiger partial charge in [-0.25, -0.2) is 0 Å². The number of halogens is 1. The van der Waals surface area contributed by atoms with Gasteiger partial charge in [0.1, 0.15) is 23.8 Å². The van der Waals surface area contributed by atoms with Gasteiger partial charge in [-0.2, -0.15) is 5.10 Å². The number of benzene rings is 2. The van der Waals surface area contributed by atoms with Gasteiger partial charge in [0.15, 0.2) is 0 Å². The summed E-state index contributed by atoms with van der Waals surface area (Å²) in [5.41, 5.74) is 2.27. The molecule has 3 rings (SSSR count). The Kier molecular flexibility index (Phi) is 6.77. The quantitative estimate of drug-likeness (QED) is 0.548. The van der Waals surface area contributed by atoms with E-state index in [1.165, 1.54) is 0 Å².